The summed E-state index contributed by atoms with van der Waals surface area (Å²) in [5.74, 6) is 0.114. The number of hydrogen-bond acceptors (Lipinski definition) is 5. The average Bonchev–Trinajstić information content (AvgIpc) is 3.15. The first-order chi connectivity index (χ1) is 11.2. The number of methoxy groups -OCH3 is 1. The second kappa shape index (κ2) is 7.10. The van der Waals surface area contributed by atoms with Crippen molar-refractivity contribution in [3.8, 4) is 0 Å². The molecule has 0 saturated heterocycles. The van der Waals surface area contributed by atoms with Crippen LogP contribution >= 0.6 is 11.3 Å². The fourth-order valence-corrected chi connectivity index (χ4v) is 3.59. The fraction of sp³-hybridized carbons (Fsp3) is 0.412. The van der Waals surface area contributed by atoms with Crippen LogP contribution in [0.2, 0.25) is 0 Å². The number of rotatable bonds is 6. The predicted octanol–water partition coefficient (Wildman–Crippen LogP) is 2.64. The number of aromatic nitrogens is 1. The number of ether oxygens (including phenoxy) is 1. The molecule has 0 unspecified atom stereocenters. The van der Waals surface area contributed by atoms with Crippen molar-refractivity contribution in [1.82, 2.24) is 4.98 Å². The van der Waals surface area contributed by atoms with E-state index in [4.69, 9.17) is 4.74 Å². The highest BCUT2D eigenvalue weighted by molar-refractivity contribution is 7.13. The van der Waals surface area contributed by atoms with Crippen molar-refractivity contribution in [2.45, 2.75) is 19.8 Å². The zero-order chi connectivity index (χ0) is 16.2. The number of amides is 1. The fourth-order valence-electron chi connectivity index (χ4n) is 2.85. The molecule has 2 heterocycles. The first kappa shape index (κ1) is 16.0. The van der Waals surface area contributed by atoms with Crippen LogP contribution < -0.4 is 10.2 Å². The monoisotopic (exact) mass is 331 g/mol. The smallest absolute Gasteiger partial charge is 0.233 e. The van der Waals surface area contributed by atoms with Gasteiger partial charge in [0.25, 0.3) is 0 Å². The molecular formula is C17H21N3O2S. The molecule has 1 aromatic carbocycles. The summed E-state index contributed by atoms with van der Waals surface area (Å²) in [5, 5.41) is 5.97. The van der Waals surface area contributed by atoms with Crippen LogP contribution in [0.3, 0.4) is 0 Å². The number of aryl methyl sites for hydroxylation is 1. The summed E-state index contributed by atoms with van der Waals surface area (Å²) < 4.78 is 5.00. The third-order valence-electron chi connectivity index (χ3n) is 4.03. The molecule has 0 aliphatic carbocycles. The Morgan fingerprint density at radius 1 is 1.48 bits per heavy atom. The Bertz CT molecular complexity index is 699. The molecule has 1 aromatic heterocycles. The first-order valence-corrected chi connectivity index (χ1v) is 8.63. The Hall–Kier alpha value is -1.92. The zero-order valence-corrected chi connectivity index (χ0v) is 14.3. The molecule has 23 heavy (non-hydrogen) atoms. The molecule has 1 aliphatic heterocycles. The highest BCUT2D eigenvalue weighted by Crippen LogP contribution is 2.31. The van der Waals surface area contributed by atoms with Gasteiger partial charge in [-0.25, -0.2) is 4.98 Å². The van der Waals surface area contributed by atoms with Gasteiger partial charge in [0.15, 0.2) is 5.13 Å². The van der Waals surface area contributed by atoms with Gasteiger partial charge in [-0.3, -0.25) is 4.79 Å². The van der Waals surface area contributed by atoms with E-state index in [0.717, 1.165) is 36.0 Å². The summed E-state index contributed by atoms with van der Waals surface area (Å²) in [5.41, 5.74) is 4.43. The van der Waals surface area contributed by atoms with Crippen molar-refractivity contribution < 1.29 is 9.53 Å². The number of hydrogen-bond donors (Lipinski definition) is 1. The van der Waals surface area contributed by atoms with Crippen LogP contribution in [-0.4, -0.2) is 37.7 Å². The number of nitrogens with zero attached hydrogens (tertiary/aromatic N) is 2. The summed E-state index contributed by atoms with van der Waals surface area (Å²) in [6, 6.07) is 6.15. The van der Waals surface area contributed by atoms with Gasteiger partial charge < -0.3 is 15.0 Å². The van der Waals surface area contributed by atoms with Crippen LogP contribution in [0, 0.1) is 6.92 Å². The van der Waals surface area contributed by atoms with E-state index in [1.807, 2.05) is 22.4 Å². The highest BCUT2D eigenvalue weighted by Gasteiger charge is 2.25. The van der Waals surface area contributed by atoms with Crippen LogP contribution in [0.4, 0.5) is 10.8 Å². The van der Waals surface area contributed by atoms with Crippen LogP contribution in [0.25, 0.3) is 0 Å². The van der Waals surface area contributed by atoms with E-state index in [-0.39, 0.29) is 5.91 Å². The van der Waals surface area contributed by atoms with E-state index in [2.05, 4.69) is 23.3 Å². The van der Waals surface area contributed by atoms with Crippen molar-refractivity contribution in [2.24, 2.45) is 0 Å². The van der Waals surface area contributed by atoms with Gasteiger partial charge >= 0.3 is 0 Å². The molecule has 3 rings (SSSR count). The van der Waals surface area contributed by atoms with Gasteiger partial charge in [0.1, 0.15) is 0 Å². The maximum absolute atomic E-state index is 12.6. The van der Waals surface area contributed by atoms with Gasteiger partial charge in [0, 0.05) is 31.3 Å². The molecule has 0 spiro atoms. The van der Waals surface area contributed by atoms with Crippen LogP contribution in [-0.2, 0) is 22.4 Å². The van der Waals surface area contributed by atoms with Gasteiger partial charge in [-0.2, -0.15) is 0 Å². The number of anilines is 2. The van der Waals surface area contributed by atoms with Crippen molar-refractivity contribution >= 4 is 28.1 Å². The molecular weight excluding hydrogens is 310 g/mol. The van der Waals surface area contributed by atoms with Crippen LogP contribution in [0.1, 0.15) is 16.8 Å². The number of benzene rings is 1. The van der Waals surface area contributed by atoms with Crippen molar-refractivity contribution in [1.29, 1.82) is 0 Å². The SMILES string of the molecule is COCCNc1nc(CC(=O)N2CCc3c(C)cccc32)cs1. The molecule has 0 fully saturated rings. The molecule has 0 radical (unpaired) electrons. The van der Waals surface area contributed by atoms with Crippen molar-refractivity contribution in [3.63, 3.8) is 0 Å². The second-order valence-electron chi connectivity index (χ2n) is 5.61. The van der Waals surface area contributed by atoms with E-state index in [0.29, 0.717) is 13.0 Å². The average molecular weight is 331 g/mol. The number of carbonyl (C=O) groups excluding carboxylic acids is 1. The lowest BCUT2D eigenvalue weighted by Gasteiger charge is -2.17. The van der Waals surface area contributed by atoms with Gasteiger partial charge in [0.2, 0.25) is 5.91 Å². The van der Waals surface area contributed by atoms with Crippen molar-refractivity contribution in [3.05, 3.63) is 40.4 Å². The topological polar surface area (TPSA) is 54.5 Å². The van der Waals surface area contributed by atoms with Crippen LogP contribution in [0.5, 0.6) is 0 Å². The quantitative estimate of drug-likeness (QED) is 0.827. The normalized spacial score (nSPS) is 13.2. The molecule has 122 valence electrons. The Kier molecular flexibility index (Phi) is 4.93. The van der Waals surface area contributed by atoms with E-state index in [1.54, 1.807) is 7.11 Å². The van der Waals surface area contributed by atoms with E-state index >= 15 is 0 Å². The third kappa shape index (κ3) is 3.54. The summed E-state index contributed by atoms with van der Waals surface area (Å²) in [6.07, 6.45) is 1.28. The summed E-state index contributed by atoms with van der Waals surface area (Å²) in [4.78, 5) is 19.0. The number of carbonyl (C=O) groups is 1. The number of fused-ring (bicyclic) bond motifs is 1. The highest BCUT2D eigenvalue weighted by atomic mass is 32.1. The number of thiazole rings is 1. The molecule has 0 bridgehead atoms. The minimum atomic E-state index is 0.114. The van der Waals surface area contributed by atoms with Gasteiger partial charge in [-0.05, 0) is 30.5 Å². The Morgan fingerprint density at radius 3 is 3.17 bits per heavy atom. The Labute approximate surface area is 140 Å². The lowest BCUT2D eigenvalue weighted by molar-refractivity contribution is -0.117. The molecule has 1 N–H and O–H groups in total. The van der Waals surface area contributed by atoms with E-state index in [9.17, 15) is 4.79 Å². The van der Waals surface area contributed by atoms with Gasteiger partial charge in [0.05, 0.1) is 18.7 Å². The predicted molar refractivity (Wildman–Crippen MR) is 93.4 cm³/mol. The zero-order valence-electron chi connectivity index (χ0n) is 13.5. The maximum Gasteiger partial charge on any atom is 0.233 e. The van der Waals surface area contributed by atoms with E-state index in [1.165, 1.54) is 22.5 Å². The standard InChI is InChI=1S/C17H21N3O2S/c1-12-4-3-5-15-14(12)6-8-20(15)16(21)10-13-11-23-17(19-13)18-7-9-22-2/h3-5,11H,6-10H2,1-2H3,(H,18,19). The van der Waals surface area contributed by atoms with Crippen molar-refractivity contribution in [2.75, 3.05) is 37.0 Å². The van der Waals surface area contributed by atoms with E-state index < -0.39 is 0 Å². The molecule has 0 atom stereocenters. The molecule has 1 amide bonds. The minimum Gasteiger partial charge on any atom is -0.383 e. The largest absolute Gasteiger partial charge is 0.383 e. The lowest BCUT2D eigenvalue weighted by Crippen LogP contribution is -2.30. The summed E-state index contributed by atoms with van der Waals surface area (Å²) in [6.45, 7) is 4.22. The molecule has 0 saturated carbocycles. The molecule has 1 aliphatic rings. The number of nitrogens with one attached hydrogen (secondary N) is 1. The van der Waals surface area contributed by atoms with Gasteiger partial charge in [-0.15, -0.1) is 11.3 Å². The molecule has 6 heteroatoms. The summed E-state index contributed by atoms with van der Waals surface area (Å²) in [7, 11) is 1.67. The first-order valence-electron chi connectivity index (χ1n) is 7.75. The second-order valence-corrected chi connectivity index (χ2v) is 6.47. The minimum absolute atomic E-state index is 0.114. The summed E-state index contributed by atoms with van der Waals surface area (Å²) >= 11 is 1.52. The van der Waals surface area contributed by atoms with Crippen LogP contribution in [0.15, 0.2) is 23.6 Å². The maximum atomic E-state index is 12.6. The Morgan fingerprint density at radius 2 is 2.35 bits per heavy atom. The molecule has 5 nitrogen and oxygen atoms in total. The third-order valence-corrected chi connectivity index (χ3v) is 4.88. The lowest BCUT2D eigenvalue weighted by atomic mass is 10.1. The Balaban J connectivity index is 1.64. The molecule has 2 aromatic rings. The van der Waals surface area contributed by atoms with Gasteiger partial charge in [-0.1, -0.05) is 12.1 Å².